The quantitative estimate of drug-likeness (QED) is 0.263. The molecule has 3 rings (SSSR count). The first kappa shape index (κ1) is 25.6. The summed E-state index contributed by atoms with van der Waals surface area (Å²) in [7, 11) is 0. The van der Waals surface area contributed by atoms with Crippen LogP contribution in [0.2, 0.25) is 0 Å². The van der Waals surface area contributed by atoms with Gasteiger partial charge in [0.1, 0.15) is 23.0 Å². The molecule has 1 atom stereocenters. The van der Waals surface area contributed by atoms with E-state index in [1.807, 2.05) is 26.0 Å². The maximum atomic E-state index is 14.6. The molecule has 182 valence electrons. The van der Waals surface area contributed by atoms with Gasteiger partial charge in [0.05, 0.1) is 22.5 Å². The molecule has 0 fully saturated rings. The van der Waals surface area contributed by atoms with Crippen LogP contribution in [-0.2, 0) is 4.79 Å². The van der Waals surface area contributed by atoms with Gasteiger partial charge in [-0.05, 0) is 64.5 Å². The van der Waals surface area contributed by atoms with Gasteiger partial charge in [-0.1, -0.05) is 24.3 Å². The standard InChI is InChI=1S/C28H28F2N2O3/c1-14(2)7-10-24(16(4)28(33)34)32-18(6)21-11-15(3)12-22-25(31)17(5)26(35-27(21)22)20-9-8-19(29)13-23(20)30/h7-13,18,31-32H,1H2,2-6H3,(H,33,34)/b10-7-,24-16-,31-25?. The van der Waals surface area contributed by atoms with E-state index in [2.05, 4.69) is 11.9 Å². The van der Waals surface area contributed by atoms with E-state index in [9.17, 15) is 18.7 Å². The molecule has 1 heterocycles. The molecule has 1 aromatic heterocycles. The Morgan fingerprint density at radius 1 is 1.17 bits per heavy atom. The molecule has 0 spiro atoms. The zero-order chi connectivity index (χ0) is 26.0. The Balaban J connectivity index is 2.24. The van der Waals surface area contributed by atoms with E-state index in [4.69, 9.17) is 9.83 Å². The first-order valence-corrected chi connectivity index (χ1v) is 11.0. The normalized spacial score (nSPS) is 13.1. The zero-order valence-corrected chi connectivity index (χ0v) is 20.3. The SMILES string of the molecule is C=C(C)/C=C\C(NC(C)c1cc(C)cc2c(=N)c(C)c(-c3ccc(F)cc3F)oc12)=C(/C)C(=O)O. The number of aliphatic carboxylic acids is 1. The van der Waals surface area contributed by atoms with Crippen molar-refractivity contribution in [2.24, 2.45) is 0 Å². The van der Waals surface area contributed by atoms with Crippen LogP contribution in [0.3, 0.4) is 0 Å². The summed E-state index contributed by atoms with van der Waals surface area (Å²) < 4.78 is 34.3. The van der Waals surface area contributed by atoms with Gasteiger partial charge in [0.2, 0.25) is 0 Å². The molecule has 0 saturated carbocycles. The van der Waals surface area contributed by atoms with Crippen molar-refractivity contribution in [2.75, 3.05) is 0 Å². The fourth-order valence-corrected chi connectivity index (χ4v) is 3.78. The minimum Gasteiger partial charge on any atom is -0.478 e. The maximum absolute atomic E-state index is 14.6. The van der Waals surface area contributed by atoms with E-state index in [1.165, 1.54) is 13.0 Å². The lowest BCUT2D eigenvalue weighted by molar-refractivity contribution is -0.132. The van der Waals surface area contributed by atoms with Crippen molar-refractivity contribution in [1.82, 2.24) is 5.32 Å². The number of allylic oxidation sites excluding steroid dienone is 3. The van der Waals surface area contributed by atoms with Gasteiger partial charge in [0, 0.05) is 28.3 Å². The second-order valence-corrected chi connectivity index (χ2v) is 8.68. The van der Waals surface area contributed by atoms with Gasteiger partial charge in [-0.2, -0.15) is 0 Å². The van der Waals surface area contributed by atoms with Crippen molar-refractivity contribution >= 4 is 16.9 Å². The van der Waals surface area contributed by atoms with Crippen molar-refractivity contribution in [3.63, 3.8) is 0 Å². The number of hydrogen-bond donors (Lipinski definition) is 3. The lowest BCUT2D eigenvalue weighted by Gasteiger charge is -2.20. The maximum Gasteiger partial charge on any atom is 0.333 e. The Morgan fingerprint density at radius 3 is 2.46 bits per heavy atom. The first-order valence-electron chi connectivity index (χ1n) is 11.0. The summed E-state index contributed by atoms with van der Waals surface area (Å²) in [4.78, 5) is 11.6. The predicted molar refractivity (Wildman–Crippen MR) is 133 cm³/mol. The molecule has 0 amide bonds. The average molecular weight is 479 g/mol. The lowest BCUT2D eigenvalue weighted by atomic mass is 9.98. The number of hydrogen-bond acceptors (Lipinski definition) is 4. The van der Waals surface area contributed by atoms with Gasteiger partial charge in [-0.25, -0.2) is 13.6 Å². The molecule has 2 aromatic carbocycles. The van der Waals surface area contributed by atoms with Crippen molar-refractivity contribution < 1.29 is 23.1 Å². The molecule has 7 heteroatoms. The summed E-state index contributed by atoms with van der Waals surface area (Å²) >= 11 is 0. The number of carbonyl (C=O) groups is 1. The van der Waals surface area contributed by atoms with E-state index < -0.39 is 23.6 Å². The Labute approximate surface area is 202 Å². The van der Waals surface area contributed by atoms with E-state index in [-0.39, 0.29) is 22.3 Å². The van der Waals surface area contributed by atoms with Crippen LogP contribution in [0.25, 0.3) is 22.3 Å². The van der Waals surface area contributed by atoms with Gasteiger partial charge in [-0.3, -0.25) is 5.41 Å². The molecule has 5 nitrogen and oxygen atoms in total. The molecule has 0 bridgehead atoms. The summed E-state index contributed by atoms with van der Waals surface area (Å²) in [5, 5.41) is 22.2. The molecule has 0 aliphatic carbocycles. The number of nitrogens with one attached hydrogen (secondary N) is 2. The molecule has 0 radical (unpaired) electrons. The van der Waals surface area contributed by atoms with Crippen LogP contribution in [0.5, 0.6) is 0 Å². The third-order valence-electron chi connectivity index (χ3n) is 5.72. The molecule has 0 saturated heterocycles. The van der Waals surface area contributed by atoms with E-state index >= 15 is 0 Å². The number of aryl methyl sites for hydroxylation is 1. The van der Waals surface area contributed by atoms with Crippen LogP contribution in [0, 0.1) is 30.9 Å². The molecule has 1 unspecified atom stereocenters. The van der Waals surface area contributed by atoms with Gasteiger partial charge in [-0.15, -0.1) is 0 Å². The van der Waals surface area contributed by atoms with Crippen molar-refractivity contribution in [2.45, 2.75) is 40.7 Å². The highest BCUT2D eigenvalue weighted by atomic mass is 19.1. The summed E-state index contributed by atoms with van der Waals surface area (Å²) in [6.07, 6.45) is 3.36. The Hall–Kier alpha value is -4.00. The highest BCUT2D eigenvalue weighted by Gasteiger charge is 2.20. The van der Waals surface area contributed by atoms with E-state index in [0.717, 1.165) is 23.3 Å². The average Bonchev–Trinajstić information content (AvgIpc) is 2.78. The number of benzene rings is 2. The summed E-state index contributed by atoms with van der Waals surface area (Å²) in [5.41, 5.74) is 3.65. The summed E-state index contributed by atoms with van der Waals surface area (Å²) in [6, 6.07) is 6.46. The van der Waals surface area contributed by atoms with Crippen LogP contribution in [-0.4, -0.2) is 11.1 Å². The third kappa shape index (κ3) is 5.40. The van der Waals surface area contributed by atoms with Crippen molar-refractivity contribution in [3.05, 3.63) is 99.6 Å². The zero-order valence-electron chi connectivity index (χ0n) is 20.3. The van der Waals surface area contributed by atoms with Crippen molar-refractivity contribution in [3.8, 4) is 11.3 Å². The van der Waals surface area contributed by atoms with Crippen LogP contribution in [0.15, 0.2) is 70.3 Å². The molecule has 3 aromatic rings. The fourth-order valence-electron chi connectivity index (χ4n) is 3.78. The van der Waals surface area contributed by atoms with E-state index in [0.29, 0.717) is 27.8 Å². The van der Waals surface area contributed by atoms with Crippen LogP contribution < -0.4 is 10.7 Å². The fraction of sp³-hybridized carbons (Fsp3) is 0.214. The molecule has 35 heavy (non-hydrogen) atoms. The van der Waals surface area contributed by atoms with Crippen LogP contribution in [0.4, 0.5) is 8.78 Å². The Bertz CT molecular complexity index is 1470. The second-order valence-electron chi connectivity index (χ2n) is 8.68. The third-order valence-corrected chi connectivity index (χ3v) is 5.72. The predicted octanol–water partition coefficient (Wildman–Crippen LogP) is 6.62. The van der Waals surface area contributed by atoms with Gasteiger partial charge in [0.15, 0.2) is 0 Å². The number of carboxylic acids is 1. The highest BCUT2D eigenvalue weighted by Crippen LogP contribution is 2.32. The topological polar surface area (TPSA) is 86.3 Å². The minimum absolute atomic E-state index is 0.0538. The summed E-state index contributed by atoms with van der Waals surface area (Å²) in [5.74, 6) is -2.43. The highest BCUT2D eigenvalue weighted by molar-refractivity contribution is 5.87. The second kappa shape index (κ2) is 10.1. The number of carboxylic acid groups (broad SMARTS) is 1. The number of rotatable bonds is 7. The van der Waals surface area contributed by atoms with Crippen LogP contribution >= 0.6 is 0 Å². The lowest BCUT2D eigenvalue weighted by Crippen LogP contribution is -2.21. The van der Waals surface area contributed by atoms with Gasteiger partial charge < -0.3 is 14.8 Å². The monoisotopic (exact) mass is 478 g/mol. The molecule has 0 aliphatic heterocycles. The van der Waals surface area contributed by atoms with Crippen molar-refractivity contribution in [1.29, 1.82) is 5.41 Å². The van der Waals surface area contributed by atoms with Gasteiger partial charge in [0.25, 0.3) is 0 Å². The Kier molecular flexibility index (Phi) is 7.39. The first-order chi connectivity index (χ1) is 16.4. The molecular formula is C28H28F2N2O3. The summed E-state index contributed by atoms with van der Waals surface area (Å²) in [6.45, 7) is 12.5. The number of fused-ring (bicyclic) bond motifs is 1. The molecular weight excluding hydrogens is 450 g/mol. The Morgan fingerprint density at radius 2 is 1.86 bits per heavy atom. The minimum atomic E-state index is -1.07. The number of halogens is 2. The van der Waals surface area contributed by atoms with Gasteiger partial charge >= 0.3 is 5.97 Å². The van der Waals surface area contributed by atoms with E-state index in [1.54, 1.807) is 26.0 Å². The molecule has 3 N–H and O–H groups in total. The molecule has 0 aliphatic rings. The largest absolute Gasteiger partial charge is 0.478 e. The van der Waals surface area contributed by atoms with Crippen LogP contribution in [0.1, 0.15) is 43.5 Å². The smallest absolute Gasteiger partial charge is 0.333 e.